The van der Waals surface area contributed by atoms with Crippen LogP contribution in [0.5, 0.6) is 11.5 Å². The lowest BCUT2D eigenvalue weighted by Crippen LogP contribution is -2.31. The van der Waals surface area contributed by atoms with Crippen LogP contribution < -0.4 is 20.1 Å². The topological polar surface area (TPSA) is 106 Å². The molecule has 0 aliphatic carbocycles. The number of carbonyl (C=O) groups is 2. The minimum absolute atomic E-state index is 0.117. The SMILES string of the molecule is COc1ccc(NC(=O)NCCOCC(=O)O)cc1OC. The zero-order valence-electron chi connectivity index (χ0n) is 11.8. The Hall–Kier alpha value is -2.48. The number of hydrogen-bond donors (Lipinski definition) is 3. The molecule has 1 aromatic carbocycles. The van der Waals surface area contributed by atoms with Crippen LogP contribution in [0.3, 0.4) is 0 Å². The number of hydrogen-bond acceptors (Lipinski definition) is 5. The molecule has 1 rings (SSSR count). The lowest BCUT2D eigenvalue weighted by atomic mass is 10.3. The third kappa shape index (κ3) is 6.00. The van der Waals surface area contributed by atoms with Crippen LogP contribution >= 0.6 is 0 Å². The van der Waals surface area contributed by atoms with Gasteiger partial charge in [-0.25, -0.2) is 9.59 Å². The molecule has 2 amide bonds. The summed E-state index contributed by atoms with van der Waals surface area (Å²) in [6, 6.07) is 4.53. The molecule has 0 aliphatic heterocycles. The molecule has 0 atom stereocenters. The summed E-state index contributed by atoms with van der Waals surface area (Å²) in [5.74, 6) is 0.00963. The molecule has 1 aromatic rings. The quantitative estimate of drug-likeness (QED) is 0.616. The van der Waals surface area contributed by atoms with Gasteiger partial charge in [0.15, 0.2) is 11.5 Å². The zero-order valence-corrected chi connectivity index (χ0v) is 11.8. The Bertz CT molecular complexity index is 492. The normalized spacial score (nSPS) is 9.81. The van der Waals surface area contributed by atoms with Gasteiger partial charge in [0.2, 0.25) is 0 Å². The van der Waals surface area contributed by atoms with Gasteiger partial charge in [-0.2, -0.15) is 0 Å². The van der Waals surface area contributed by atoms with Crippen LogP contribution in [0, 0.1) is 0 Å². The number of rotatable bonds is 8. The van der Waals surface area contributed by atoms with E-state index < -0.39 is 12.0 Å². The molecular weight excluding hydrogens is 280 g/mol. The number of aliphatic carboxylic acids is 1. The zero-order chi connectivity index (χ0) is 15.7. The number of carbonyl (C=O) groups excluding carboxylic acids is 1. The molecule has 21 heavy (non-hydrogen) atoms. The van der Waals surface area contributed by atoms with Crippen molar-refractivity contribution < 1.29 is 28.9 Å². The Morgan fingerprint density at radius 1 is 1.19 bits per heavy atom. The summed E-state index contributed by atoms with van der Waals surface area (Å²) in [6.45, 7) is -0.0724. The monoisotopic (exact) mass is 298 g/mol. The van der Waals surface area contributed by atoms with Gasteiger partial charge in [-0.1, -0.05) is 0 Å². The van der Waals surface area contributed by atoms with Crippen molar-refractivity contribution in [2.45, 2.75) is 0 Å². The lowest BCUT2D eigenvalue weighted by molar-refractivity contribution is -0.142. The molecule has 0 bridgehead atoms. The Morgan fingerprint density at radius 3 is 2.52 bits per heavy atom. The van der Waals surface area contributed by atoms with Gasteiger partial charge in [0.05, 0.1) is 20.8 Å². The molecule has 0 aromatic heterocycles. The average molecular weight is 298 g/mol. The predicted molar refractivity (Wildman–Crippen MR) is 75.0 cm³/mol. The van der Waals surface area contributed by atoms with Gasteiger partial charge in [-0.05, 0) is 12.1 Å². The van der Waals surface area contributed by atoms with E-state index in [4.69, 9.17) is 19.3 Å². The van der Waals surface area contributed by atoms with E-state index in [1.165, 1.54) is 14.2 Å². The highest BCUT2D eigenvalue weighted by molar-refractivity contribution is 5.89. The average Bonchev–Trinajstić information content (AvgIpc) is 2.46. The van der Waals surface area contributed by atoms with Gasteiger partial charge in [-0.3, -0.25) is 0 Å². The van der Waals surface area contributed by atoms with Crippen LogP contribution in [0.2, 0.25) is 0 Å². The van der Waals surface area contributed by atoms with Gasteiger partial charge in [-0.15, -0.1) is 0 Å². The maximum atomic E-state index is 11.6. The molecule has 8 nitrogen and oxygen atoms in total. The molecular formula is C13H18N2O6. The van der Waals surface area contributed by atoms with E-state index in [0.717, 1.165) is 0 Å². The number of carboxylic acids is 1. The molecule has 0 fully saturated rings. The first-order valence-electron chi connectivity index (χ1n) is 6.13. The second kappa shape index (κ2) is 8.64. The minimum atomic E-state index is -1.05. The fourth-order valence-corrected chi connectivity index (χ4v) is 1.49. The van der Waals surface area contributed by atoms with Gasteiger partial charge >= 0.3 is 12.0 Å². The van der Waals surface area contributed by atoms with E-state index >= 15 is 0 Å². The highest BCUT2D eigenvalue weighted by atomic mass is 16.5. The van der Waals surface area contributed by atoms with Crippen LogP contribution in [0.1, 0.15) is 0 Å². The highest BCUT2D eigenvalue weighted by Crippen LogP contribution is 2.29. The Labute approximate surface area is 122 Å². The maximum Gasteiger partial charge on any atom is 0.329 e. The second-order valence-electron chi connectivity index (χ2n) is 3.90. The van der Waals surface area contributed by atoms with Crippen LogP contribution in [-0.4, -0.2) is 51.1 Å². The summed E-state index contributed by atoms with van der Waals surface area (Å²) >= 11 is 0. The predicted octanol–water partition coefficient (Wildman–Crippen LogP) is 0.926. The van der Waals surface area contributed by atoms with E-state index in [1.54, 1.807) is 18.2 Å². The van der Waals surface area contributed by atoms with Crippen LogP contribution in [0.4, 0.5) is 10.5 Å². The number of benzene rings is 1. The van der Waals surface area contributed by atoms with Gasteiger partial charge < -0.3 is 30.0 Å². The number of anilines is 1. The summed E-state index contributed by atoms with van der Waals surface area (Å²) in [5.41, 5.74) is 0.539. The van der Waals surface area contributed by atoms with Gasteiger partial charge in [0.1, 0.15) is 6.61 Å². The first-order valence-corrected chi connectivity index (χ1v) is 6.13. The molecule has 0 saturated heterocycles. The number of carboxylic acid groups (broad SMARTS) is 1. The van der Waals surface area contributed by atoms with E-state index in [2.05, 4.69) is 10.6 Å². The lowest BCUT2D eigenvalue weighted by Gasteiger charge is -2.11. The van der Waals surface area contributed by atoms with Crippen LogP contribution in [0.15, 0.2) is 18.2 Å². The molecule has 0 radical (unpaired) electrons. The Morgan fingerprint density at radius 2 is 1.90 bits per heavy atom. The van der Waals surface area contributed by atoms with Crippen molar-refractivity contribution in [1.29, 1.82) is 0 Å². The number of ether oxygens (including phenoxy) is 3. The summed E-state index contributed by atoms with van der Waals surface area (Å²) in [7, 11) is 3.02. The van der Waals surface area contributed by atoms with Crippen LogP contribution in [-0.2, 0) is 9.53 Å². The summed E-state index contributed by atoms with van der Waals surface area (Å²) in [4.78, 5) is 21.8. The third-order valence-corrected chi connectivity index (χ3v) is 2.40. The standard InChI is InChI=1S/C13H18N2O6/c1-19-10-4-3-9(7-11(10)20-2)15-13(18)14-5-6-21-8-12(16)17/h3-4,7H,5-6,8H2,1-2H3,(H,16,17)(H2,14,15,18). The molecule has 0 spiro atoms. The maximum absolute atomic E-state index is 11.6. The van der Waals surface area contributed by atoms with Crippen molar-refractivity contribution in [3.63, 3.8) is 0 Å². The molecule has 0 saturated carbocycles. The number of methoxy groups -OCH3 is 2. The first kappa shape index (κ1) is 16.6. The van der Waals surface area contributed by atoms with Crippen molar-refractivity contribution in [2.75, 3.05) is 39.3 Å². The highest BCUT2D eigenvalue weighted by Gasteiger charge is 2.07. The van der Waals surface area contributed by atoms with E-state index in [1.807, 2.05) is 0 Å². The number of nitrogens with one attached hydrogen (secondary N) is 2. The minimum Gasteiger partial charge on any atom is -0.493 e. The molecule has 3 N–H and O–H groups in total. The fourth-order valence-electron chi connectivity index (χ4n) is 1.49. The van der Waals surface area contributed by atoms with E-state index in [9.17, 15) is 9.59 Å². The van der Waals surface area contributed by atoms with Crippen molar-refractivity contribution in [2.24, 2.45) is 0 Å². The van der Waals surface area contributed by atoms with Crippen molar-refractivity contribution in [3.05, 3.63) is 18.2 Å². The largest absolute Gasteiger partial charge is 0.493 e. The second-order valence-corrected chi connectivity index (χ2v) is 3.90. The Balaban J connectivity index is 2.39. The van der Waals surface area contributed by atoms with Gasteiger partial charge in [0.25, 0.3) is 0 Å². The summed E-state index contributed by atoms with van der Waals surface area (Å²) < 4.78 is 15.0. The van der Waals surface area contributed by atoms with Crippen molar-refractivity contribution >= 4 is 17.7 Å². The van der Waals surface area contributed by atoms with E-state index in [-0.39, 0.29) is 19.8 Å². The summed E-state index contributed by atoms with van der Waals surface area (Å²) in [6.07, 6.45) is 0. The molecule has 0 heterocycles. The van der Waals surface area contributed by atoms with E-state index in [0.29, 0.717) is 17.2 Å². The first-order chi connectivity index (χ1) is 10.1. The third-order valence-electron chi connectivity index (χ3n) is 2.40. The Kier molecular flexibility index (Phi) is 6.82. The number of amides is 2. The molecule has 0 unspecified atom stereocenters. The molecule has 0 aliphatic rings. The molecule has 116 valence electrons. The van der Waals surface area contributed by atoms with Crippen molar-refractivity contribution in [1.82, 2.24) is 5.32 Å². The smallest absolute Gasteiger partial charge is 0.329 e. The van der Waals surface area contributed by atoms with Crippen molar-refractivity contribution in [3.8, 4) is 11.5 Å². The molecule has 8 heteroatoms. The number of urea groups is 1. The van der Waals surface area contributed by atoms with Crippen LogP contribution in [0.25, 0.3) is 0 Å². The fraction of sp³-hybridized carbons (Fsp3) is 0.385. The van der Waals surface area contributed by atoms with Gasteiger partial charge in [0, 0.05) is 18.3 Å². The summed E-state index contributed by atoms with van der Waals surface area (Å²) in [5, 5.41) is 13.5.